The third-order valence-corrected chi connectivity index (χ3v) is 2.13. The van der Waals surface area contributed by atoms with Crippen LogP contribution >= 0.6 is 0 Å². The molecule has 0 unspecified atom stereocenters. The van der Waals surface area contributed by atoms with Gasteiger partial charge in [0, 0.05) is 5.69 Å². The molecule has 1 rings (SSSR count). The molecule has 0 saturated heterocycles. The molecule has 0 atom stereocenters. The first kappa shape index (κ1) is 7.92. The second kappa shape index (κ2) is 2.46. The summed E-state index contributed by atoms with van der Waals surface area (Å²) < 4.78 is 0. The van der Waals surface area contributed by atoms with Gasteiger partial charge in [0.2, 0.25) is 0 Å². The monoisotopic (exact) mass is 151 g/mol. The van der Waals surface area contributed by atoms with E-state index in [1.807, 2.05) is 20.8 Å². The van der Waals surface area contributed by atoms with E-state index < -0.39 is 0 Å². The fourth-order valence-electron chi connectivity index (χ4n) is 1.08. The number of nitrogen functional groups attached to an aromatic ring is 1. The lowest BCUT2D eigenvalue weighted by atomic mass is 10.0. The molecule has 0 radical (unpaired) electrons. The van der Waals surface area contributed by atoms with E-state index in [2.05, 4.69) is 0 Å². The first-order valence-corrected chi connectivity index (χ1v) is 3.59. The van der Waals surface area contributed by atoms with Crippen molar-refractivity contribution in [1.29, 1.82) is 0 Å². The second-order valence-corrected chi connectivity index (χ2v) is 2.88. The second-order valence-electron chi connectivity index (χ2n) is 2.88. The standard InChI is InChI=1S/C9H13NO/c1-5-4-8(11)6(2)7(3)9(5)10/h4,11H,10H2,1-3H3. The summed E-state index contributed by atoms with van der Waals surface area (Å²) in [7, 11) is 0. The van der Waals surface area contributed by atoms with Gasteiger partial charge in [-0.05, 0) is 43.5 Å². The number of anilines is 1. The smallest absolute Gasteiger partial charge is 0.119 e. The molecule has 0 spiro atoms. The van der Waals surface area contributed by atoms with Crippen LogP contribution in [-0.2, 0) is 0 Å². The molecule has 0 fully saturated rings. The highest BCUT2D eigenvalue weighted by Gasteiger charge is 2.05. The van der Waals surface area contributed by atoms with Crippen molar-refractivity contribution in [2.75, 3.05) is 5.73 Å². The molecular formula is C9H13NO. The van der Waals surface area contributed by atoms with Gasteiger partial charge < -0.3 is 10.8 Å². The molecule has 1 aromatic rings. The number of aromatic hydroxyl groups is 1. The molecule has 2 heteroatoms. The Bertz CT molecular complexity index is 266. The lowest BCUT2D eigenvalue weighted by Crippen LogP contribution is -1.95. The topological polar surface area (TPSA) is 46.2 Å². The van der Waals surface area contributed by atoms with Gasteiger partial charge in [-0.3, -0.25) is 0 Å². The van der Waals surface area contributed by atoms with Crippen LogP contribution in [0.2, 0.25) is 0 Å². The van der Waals surface area contributed by atoms with Gasteiger partial charge in [0.1, 0.15) is 5.75 Å². The minimum absolute atomic E-state index is 0.328. The van der Waals surface area contributed by atoms with Crippen LogP contribution < -0.4 is 5.73 Å². The quantitative estimate of drug-likeness (QED) is 0.439. The minimum atomic E-state index is 0.328. The van der Waals surface area contributed by atoms with Gasteiger partial charge >= 0.3 is 0 Å². The van der Waals surface area contributed by atoms with Crippen molar-refractivity contribution < 1.29 is 5.11 Å². The zero-order valence-corrected chi connectivity index (χ0v) is 7.10. The molecule has 1 aromatic carbocycles. The molecule has 60 valence electrons. The molecular weight excluding hydrogens is 138 g/mol. The van der Waals surface area contributed by atoms with E-state index in [1.54, 1.807) is 6.07 Å². The highest BCUT2D eigenvalue weighted by atomic mass is 16.3. The fraction of sp³-hybridized carbons (Fsp3) is 0.333. The molecule has 0 saturated carbocycles. The van der Waals surface area contributed by atoms with Crippen molar-refractivity contribution in [1.82, 2.24) is 0 Å². The van der Waals surface area contributed by atoms with E-state index in [1.165, 1.54) is 0 Å². The molecule has 0 aliphatic heterocycles. The SMILES string of the molecule is Cc1cc(O)c(C)c(C)c1N. The van der Waals surface area contributed by atoms with E-state index in [-0.39, 0.29) is 0 Å². The maximum Gasteiger partial charge on any atom is 0.119 e. The van der Waals surface area contributed by atoms with Crippen LogP contribution in [0.25, 0.3) is 0 Å². The Morgan fingerprint density at radius 3 is 2.27 bits per heavy atom. The van der Waals surface area contributed by atoms with Crippen molar-refractivity contribution in [2.45, 2.75) is 20.8 Å². The summed E-state index contributed by atoms with van der Waals surface area (Å²) in [5, 5.41) is 9.35. The molecule has 0 aliphatic rings. The molecule has 0 heterocycles. The molecule has 11 heavy (non-hydrogen) atoms. The number of benzene rings is 1. The van der Waals surface area contributed by atoms with Gasteiger partial charge in [-0.15, -0.1) is 0 Å². The number of hydrogen-bond donors (Lipinski definition) is 2. The summed E-state index contributed by atoms with van der Waals surface area (Å²) >= 11 is 0. The average Bonchev–Trinajstić information content (AvgIpc) is 1.97. The number of rotatable bonds is 0. The van der Waals surface area contributed by atoms with Gasteiger partial charge in [0.05, 0.1) is 0 Å². The van der Waals surface area contributed by atoms with Crippen molar-refractivity contribution in [2.24, 2.45) is 0 Å². The Hall–Kier alpha value is -1.18. The van der Waals surface area contributed by atoms with Crippen LogP contribution in [0.4, 0.5) is 5.69 Å². The van der Waals surface area contributed by atoms with Gasteiger partial charge in [-0.2, -0.15) is 0 Å². The normalized spacial score (nSPS) is 10.1. The van der Waals surface area contributed by atoms with E-state index in [9.17, 15) is 5.11 Å². The first-order valence-electron chi connectivity index (χ1n) is 3.59. The Labute approximate surface area is 66.7 Å². The van der Waals surface area contributed by atoms with Crippen molar-refractivity contribution in [3.05, 3.63) is 22.8 Å². The lowest BCUT2D eigenvalue weighted by Gasteiger charge is -2.09. The molecule has 2 nitrogen and oxygen atoms in total. The Morgan fingerprint density at radius 1 is 1.18 bits per heavy atom. The van der Waals surface area contributed by atoms with E-state index in [0.29, 0.717) is 5.75 Å². The lowest BCUT2D eigenvalue weighted by molar-refractivity contribution is 0.470. The maximum absolute atomic E-state index is 9.35. The largest absolute Gasteiger partial charge is 0.508 e. The van der Waals surface area contributed by atoms with Crippen molar-refractivity contribution in [3.8, 4) is 5.75 Å². The molecule has 0 amide bonds. The third kappa shape index (κ3) is 1.16. The van der Waals surface area contributed by atoms with E-state index in [0.717, 1.165) is 22.4 Å². The van der Waals surface area contributed by atoms with Crippen LogP contribution in [0.5, 0.6) is 5.75 Å². The first-order chi connectivity index (χ1) is 5.04. The van der Waals surface area contributed by atoms with E-state index in [4.69, 9.17) is 5.73 Å². The van der Waals surface area contributed by atoms with E-state index >= 15 is 0 Å². The summed E-state index contributed by atoms with van der Waals surface area (Å²) in [5.74, 6) is 0.328. The Balaban J connectivity index is 3.46. The summed E-state index contributed by atoms with van der Waals surface area (Å²) in [5.41, 5.74) is 9.30. The third-order valence-electron chi connectivity index (χ3n) is 2.13. The van der Waals surface area contributed by atoms with Gasteiger partial charge in [-0.25, -0.2) is 0 Å². The number of phenols is 1. The predicted octanol–water partition coefficient (Wildman–Crippen LogP) is 1.90. The summed E-state index contributed by atoms with van der Waals surface area (Å²) in [6, 6.07) is 1.69. The maximum atomic E-state index is 9.35. The Morgan fingerprint density at radius 2 is 1.73 bits per heavy atom. The summed E-state index contributed by atoms with van der Waals surface area (Å²) in [4.78, 5) is 0. The molecule has 0 aromatic heterocycles. The van der Waals surface area contributed by atoms with Crippen LogP contribution in [0.1, 0.15) is 16.7 Å². The number of aryl methyl sites for hydroxylation is 1. The summed E-state index contributed by atoms with van der Waals surface area (Å²) in [6.45, 7) is 5.67. The Kier molecular flexibility index (Phi) is 1.77. The highest BCUT2D eigenvalue weighted by molar-refractivity contribution is 5.59. The van der Waals surface area contributed by atoms with Crippen molar-refractivity contribution >= 4 is 5.69 Å². The van der Waals surface area contributed by atoms with Crippen molar-refractivity contribution in [3.63, 3.8) is 0 Å². The number of phenolic OH excluding ortho intramolecular Hbond substituents is 1. The molecule has 0 bridgehead atoms. The van der Waals surface area contributed by atoms with Crippen LogP contribution in [0, 0.1) is 20.8 Å². The van der Waals surface area contributed by atoms with Gasteiger partial charge in [-0.1, -0.05) is 0 Å². The molecule has 0 aliphatic carbocycles. The minimum Gasteiger partial charge on any atom is -0.508 e. The molecule has 3 N–H and O–H groups in total. The van der Waals surface area contributed by atoms with Crippen LogP contribution in [0.15, 0.2) is 6.07 Å². The average molecular weight is 151 g/mol. The van der Waals surface area contributed by atoms with Crippen LogP contribution in [0.3, 0.4) is 0 Å². The zero-order valence-electron chi connectivity index (χ0n) is 7.10. The highest BCUT2D eigenvalue weighted by Crippen LogP contribution is 2.27. The van der Waals surface area contributed by atoms with Crippen LogP contribution in [-0.4, -0.2) is 5.11 Å². The number of hydrogen-bond acceptors (Lipinski definition) is 2. The predicted molar refractivity (Wildman–Crippen MR) is 46.7 cm³/mol. The summed E-state index contributed by atoms with van der Waals surface area (Å²) in [6.07, 6.45) is 0. The number of nitrogens with two attached hydrogens (primary N) is 1. The fourth-order valence-corrected chi connectivity index (χ4v) is 1.08. The zero-order chi connectivity index (χ0) is 8.59. The van der Waals surface area contributed by atoms with Gasteiger partial charge in [0.25, 0.3) is 0 Å². The van der Waals surface area contributed by atoms with Gasteiger partial charge in [0.15, 0.2) is 0 Å².